The van der Waals surface area contributed by atoms with E-state index in [1.54, 1.807) is 0 Å². The molecule has 2 aliphatic rings. The second-order valence-electron chi connectivity index (χ2n) is 5.61. The average molecular weight is 329 g/mol. The molecule has 2 fully saturated rings. The summed E-state index contributed by atoms with van der Waals surface area (Å²) in [6.07, 6.45) is 7.01. The molecule has 0 atom stereocenters. The Morgan fingerprint density at radius 1 is 1.33 bits per heavy atom. The minimum atomic E-state index is 0.451. The summed E-state index contributed by atoms with van der Waals surface area (Å²) >= 11 is 5.45. The van der Waals surface area contributed by atoms with E-state index in [2.05, 4.69) is 37.6 Å². The van der Waals surface area contributed by atoms with E-state index >= 15 is 0 Å². The Morgan fingerprint density at radius 3 is 2.89 bits per heavy atom. The molecule has 0 bridgehead atoms. The van der Waals surface area contributed by atoms with Gasteiger partial charge in [0.25, 0.3) is 0 Å². The van der Waals surface area contributed by atoms with Crippen LogP contribution in [0, 0.1) is 0 Å². The number of thiophene rings is 1. The van der Waals surface area contributed by atoms with Crippen LogP contribution in [0.3, 0.4) is 0 Å². The van der Waals surface area contributed by atoms with E-state index in [0.717, 1.165) is 13.1 Å². The first kappa shape index (κ1) is 13.1. The van der Waals surface area contributed by atoms with Gasteiger partial charge in [0.1, 0.15) is 0 Å². The molecule has 1 saturated carbocycles. The first-order chi connectivity index (χ1) is 8.78. The van der Waals surface area contributed by atoms with Gasteiger partial charge in [0.05, 0.1) is 0 Å². The number of hydrogen-bond acceptors (Lipinski definition) is 3. The van der Waals surface area contributed by atoms with Crippen molar-refractivity contribution in [3.05, 3.63) is 20.8 Å². The summed E-state index contributed by atoms with van der Waals surface area (Å²) in [4.78, 5) is 4.25. The fourth-order valence-corrected chi connectivity index (χ4v) is 4.92. The molecule has 1 N–H and O–H groups in total. The summed E-state index contributed by atoms with van der Waals surface area (Å²) in [5.74, 6) is 0. The van der Waals surface area contributed by atoms with Gasteiger partial charge in [0.15, 0.2) is 0 Å². The van der Waals surface area contributed by atoms with Crippen LogP contribution in [0.15, 0.2) is 15.9 Å². The zero-order valence-electron chi connectivity index (χ0n) is 10.8. The van der Waals surface area contributed by atoms with Crippen LogP contribution in [0.5, 0.6) is 0 Å². The van der Waals surface area contributed by atoms with Crippen LogP contribution in [0.2, 0.25) is 0 Å². The van der Waals surface area contributed by atoms with Crippen molar-refractivity contribution < 1.29 is 0 Å². The lowest BCUT2D eigenvalue weighted by Crippen LogP contribution is -2.61. The van der Waals surface area contributed by atoms with Crippen LogP contribution in [0.25, 0.3) is 0 Å². The molecule has 100 valence electrons. The van der Waals surface area contributed by atoms with Gasteiger partial charge in [-0.05, 0) is 34.8 Å². The highest BCUT2D eigenvalue weighted by Gasteiger charge is 2.39. The van der Waals surface area contributed by atoms with Gasteiger partial charge in [-0.3, -0.25) is 4.90 Å². The number of nitrogens with one attached hydrogen (secondary N) is 1. The van der Waals surface area contributed by atoms with E-state index in [0.29, 0.717) is 5.54 Å². The van der Waals surface area contributed by atoms with E-state index in [1.165, 1.54) is 54.5 Å². The average Bonchev–Trinajstić information content (AvgIpc) is 2.79. The molecule has 3 rings (SSSR count). The van der Waals surface area contributed by atoms with Crippen LogP contribution in [0.4, 0.5) is 0 Å². The number of nitrogens with zero attached hydrogens (tertiary/aromatic N) is 1. The molecule has 0 amide bonds. The Bertz CT molecular complexity index is 390. The third-order valence-corrected chi connectivity index (χ3v) is 6.12. The van der Waals surface area contributed by atoms with Crippen molar-refractivity contribution in [3.63, 3.8) is 0 Å². The second-order valence-corrected chi connectivity index (χ2v) is 7.53. The lowest BCUT2D eigenvalue weighted by Gasteiger charge is -2.49. The summed E-state index contributed by atoms with van der Waals surface area (Å²) in [7, 11) is 0. The highest BCUT2D eigenvalue weighted by molar-refractivity contribution is 9.10. The van der Waals surface area contributed by atoms with Gasteiger partial charge in [-0.1, -0.05) is 19.3 Å². The SMILES string of the molecule is Brc1csc(CN2CCNCC23CCCCC3)c1. The molecule has 1 aliphatic carbocycles. The van der Waals surface area contributed by atoms with Gasteiger partial charge in [0.2, 0.25) is 0 Å². The summed E-state index contributed by atoms with van der Waals surface area (Å²) in [6.45, 7) is 4.68. The van der Waals surface area contributed by atoms with Crippen LogP contribution >= 0.6 is 27.3 Å². The van der Waals surface area contributed by atoms with E-state index in [9.17, 15) is 0 Å². The number of rotatable bonds is 2. The van der Waals surface area contributed by atoms with Crippen molar-refractivity contribution >= 4 is 27.3 Å². The lowest BCUT2D eigenvalue weighted by atomic mass is 9.79. The maximum Gasteiger partial charge on any atom is 0.0338 e. The zero-order valence-corrected chi connectivity index (χ0v) is 13.2. The van der Waals surface area contributed by atoms with Crippen molar-refractivity contribution in [3.8, 4) is 0 Å². The predicted octanol–water partition coefficient (Wildman–Crippen LogP) is 3.62. The maximum absolute atomic E-state index is 3.62. The molecule has 1 saturated heterocycles. The van der Waals surface area contributed by atoms with Crippen LogP contribution < -0.4 is 5.32 Å². The van der Waals surface area contributed by atoms with Gasteiger partial charge < -0.3 is 5.32 Å². The van der Waals surface area contributed by atoms with E-state index in [1.807, 2.05) is 11.3 Å². The third kappa shape index (κ3) is 2.67. The number of piperazine rings is 1. The van der Waals surface area contributed by atoms with E-state index in [-0.39, 0.29) is 0 Å². The molecule has 0 aromatic carbocycles. The summed E-state index contributed by atoms with van der Waals surface area (Å²) in [5.41, 5.74) is 0.451. The van der Waals surface area contributed by atoms with Crippen LogP contribution in [-0.4, -0.2) is 30.1 Å². The third-order valence-electron chi connectivity index (χ3n) is 4.44. The molecule has 1 aromatic rings. The largest absolute Gasteiger partial charge is 0.314 e. The molecule has 1 aromatic heterocycles. The first-order valence-electron chi connectivity index (χ1n) is 6.97. The van der Waals surface area contributed by atoms with Crippen LogP contribution in [-0.2, 0) is 6.54 Å². The van der Waals surface area contributed by atoms with Crippen LogP contribution in [0.1, 0.15) is 37.0 Å². The molecular formula is C14H21BrN2S. The normalized spacial score (nSPS) is 24.5. The number of hydrogen-bond donors (Lipinski definition) is 1. The summed E-state index contributed by atoms with van der Waals surface area (Å²) < 4.78 is 1.23. The highest BCUT2D eigenvalue weighted by atomic mass is 79.9. The highest BCUT2D eigenvalue weighted by Crippen LogP contribution is 2.36. The predicted molar refractivity (Wildman–Crippen MR) is 81.1 cm³/mol. The van der Waals surface area contributed by atoms with Gasteiger partial charge in [-0.15, -0.1) is 11.3 Å². The molecule has 2 heterocycles. The van der Waals surface area contributed by atoms with Gasteiger partial charge in [-0.25, -0.2) is 0 Å². The molecule has 0 radical (unpaired) electrons. The van der Waals surface area contributed by atoms with Crippen molar-refractivity contribution in [1.82, 2.24) is 10.2 Å². The minimum absolute atomic E-state index is 0.451. The number of halogens is 1. The summed E-state index contributed by atoms with van der Waals surface area (Å²) in [5, 5.41) is 5.82. The topological polar surface area (TPSA) is 15.3 Å². The Hall–Kier alpha value is 0.1000. The van der Waals surface area contributed by atoms with Gasteiger partial charge in [-0.2, -0.15) is 0 Å². The van der Waals surface area contributed by atoms with Gasteiger partial charge in [0, 0.05) is 46.4 Å². The van der Waals surface area contributed by atoms with E-state index < -0.39 is 0 Å². The fourth-order valence-electron chi connectivity index (χ4n) is 3.46. The van der Waals surface area contributed by atoms with Crippen molar-refractivity contribution in [2.24, 2.45) is 0 Å². The molecule has 4 heteroatoms. The monoisotopic (exact) mass is 328 g/mol. The second kappa shape index (κ2) is 5.61. The molecule has 1 spiro atoms. The Labute approximate surface area is 122 Å². The maximum atomic E-state index is 3.62. The Balaban J connectivity index is 1.75. The first-order valence-corrected chi connectivity index (χ1v) is 8.64. The van der Waals surface area contributed by atoms with E-state index in [4.69, 9.17) is 0 Å². The molecule has 18 heavy (non-hydrogen) atoms. The molecule has 0 unspecified atom stereocenters. The standard InChI is InChI=1S/C14H21BrN2S/c15-12-8-13(18-10-12)9-17-7-6-16-11-14(17)4-2-1-3-5-14/h8,10,16H,1-7,9,11H2. The Morgan fingerprint density at radius 2 is 2.17 bits per heavy atom. The quantitative estimate of drug-likeness (QED) is 0.891. The summed E-state index contributed by atoms with van der Waals surface area (Å²) in [6, 6.07) is 2.28. The minimum Gasteiger partial charge on any atom is -0.314 e. The van der Waals surface area contributed by atoms with Gasteiger partial charge >= 0.3 is 0 Å². The Kier molecular flexibility index (Phi) is 4.09. The van der Waals surface area contributed by atoms with Crippen molar-refractivity contribution in [2.45, 2.75) is 44.2 Å². The van der Waals surface area contributed by atoms with Crippen molar-refractivity contribution in [1.29, 1.82) is 0 Å². The smallest absolute Gasteiger partial charge is 0.0338 e. The molecule has 1 aliphatic heterocycles. The lowest BCUT2D eigenvalue weighted by molar-refractivity contribution is 0.0217. The fraction of sp³-hybridized carbons (Fsp3) is 0.714. The molecular weight excluding hydrogens is 308 g/mol. The molecule has 2 nitrogen and oxygen atoms in total. The zero-order chi connectivity index (χ0) is 12.4. The van der Waals surface area contributed by atoms with Crippen molar-refractivity contribution in [2.75, 3.05) is 19.6 Å².